The number of unbranched alkanes of at least 4 members (excludes halogenated alkanes) is 9. The molecule has 0 fully saturated rings. The highest BCUT2D eigenvalue weighted by Gasteiger charge is 2.29. The number of rotatable bonds is 21. The first-order chi connectivity index (χ1) is 18.9. The van der Waals surface area contributed by atoms with Crippen LogP contribution in [0.15, 0.2) is 54.6 Å². The van der Waals surface area contributed by atoms with Crippen LogP contribution in [0.25, 0.3) is 0 Å². The lowest BCUT2D eigenvalue weighted by Crippen LogP contribution is -2.45. The molecule has 0 radical (unpaired) electrons. The number of nitrogens with zero attached hydrogens (tertiary/aromatic N) is 1. The highest BCUT2D eigenvalue weighted by molar-refractivity contribution is 5.72. The summed E-state index contributed by atoms with van der Waals surface area (Å²) in [4.78, 5) is 13.1. The fraction of sp³-hybridized carbons (Fsp3) is 0.629. The molecular formula is C35H56NO3+. The van der Waals surface area contributed by atoms with Gasteiger partial charge in [0.2, 0.25) is 6.29 Å². The van der Waals surface area contributed by atoms with Gasteiger partial charge in [0.15, 0.2) is 0 Å². The van der Waals surface area contributed by atoms with Crippen LogP contribution in [0.4, 0.5) is 0 Å². The van der Waals surface area contributed by atoms with Crippen molar-refractivity contribution in [1.29, 1.82) is 0 Å². The minimum Gasteiger partial charge on any atom is -0.455 e. The first-order valence-corrected chi connectivity index (χ1v) is 15.7. The first kappa shape index (κ1) is 32.9. The Morgan fingerprint density at radius 2 is 1.31 bits per heavy atom. The fourth-order valence-electron chi connectivity index (χ4n) is 5.23. The minimum atomic E-state index is -0.566. The molecule has 2 rings (SSSR count). The molecule has 4 heteroatoms. The van der Waals surface area contributed by atoms with Crippen LogP contribution >= 0.6 is 0 Å². The number of benzene rings is 2. The SMILES string of the molecule is CCCCCCCCCCCCc1ccc(OC(CC)OC(=O)C(CC)C[N+](C)(C)Cc2ccccc2)cc1. The molecule has 0 aromatic heterocycles. The second kappa shape index (κ2) is 18.9. The van der Waals surface area contributed by atoms with E-state index in [0.29, 0.717) is 6.42 Å². The van der Waals surface area contributed by atoms with Gasteiger partial charge in [0.1, 0.15) is 18.2 Å². The number of ether oxygens (including phenoxy) is 2. The Bertz CT molecular complexity index is 894. The van der Waals surface area contributed by atoms with E-state index in [1.165, 1.54) is 75.3 Å². The van der Waals surface area contributed by atoms with E-state index in [1.54, 1.807) is 0 Å². The van der Waals surface area contributed by atoms with Crippen LogP contribution in [0.5, 0.6) is 5.75 Å². The van der Waals surface area contributed by atoms with Gasteiger partial charge in [-0.05, 0) is 37.0 Å². The molecule has 2 unspecified atom stereocenters. The number of carbonyl (C=O) groups is 1. The van der Waals surface area contributed by atoms with Crippen LogP contribution in [0.3, 0.4) is 0 Å². The van der Waals surface area contributed by atoms with Gasteiger partial charge in [-0.1, -0.05) is 121 Å². The van der Waals surface area contributed by atoms with Gasteiger partial charge >= 0.3 is 5.97 Å². The van der Waals surface area contributed by atoms with Crippen LogP contribution in [-0.4, -0.2) is 37.4 Å². The van der Waals surface area contributed by atoms with E-state index in [9.17, 15) is 4.79 Å². The predicted molar refractivity (Wildman–Crippen MR) is 164 cm³/mol. The summed E-state index contributed by atoms with van der Waals surface area (Å²) in [7, 11) is 4.35. The summed E-state index contributed by atoms with van der Waals surface area (Å²) in [6, 6.07) is 18.8. The van der Waals surface area contributed by atoms with Crippen LogP contribution < -0.4 is 4.74 Å². The molecule has 0 aliphatic heterocycles. The van der Waals surface area contributed by atoms with E-state index < -0.39 is 6.29 Å². The smallest absolute Gasteiger partial charge is 0.317 e. The first-order valence-electron chi connectivity index (χ1n) is 15.7. The third kappa shape index (κ3) is 14.0. The largest absolute Gasteiger partial charge is 0.455 e. The summed E-state index contributed by atoms with van der Waals surface area (Å²) < 4.78 is 12.6. The molecule has 0 saturated heterocycles. The van der Waals surface area contributed by atoms with Gasteiger partial charge in [0.25, 0.3) is 0 Å². The van der Waals surface area contributed by atoms with E-state index in [2.05, 4.69) is 64.3 Å². The van der Waals surface area contributed by atoms with Gasteiger partial charge in [-0.25, -0.2) is 0 Å². The molecule has 2 aromatic rings. The maximum atomic E-state index is 13.1. The molecule has 0 spiro atoms. The molecule has 0 bridgehead atoms. The molecule has 0 N–H and O–H groups in total. The lowest BCUT2D eigenvalue weighted by molar-refractivity contribution is -0.906. The molecule has 2 atom stereocenters. The molecule has 0 aliphatic rings. The van der Waals surface area contributed by atoms with Crippen molar-refractivity contribution in [3.05, 3.63) is 65.7 Å². The van der Waals surface area contributed by atoms with Gasteiger partial charge in [0.05, 0.1) is 20.6 Å². The monoisotopic (exact) mass is 538 g/mol. The van der Waals surface area contributed by atoms with Crippen LogP contribution in [-0.2, 0) is 22.5 Å². The standard InChI is InChI=1S/C35H56NO3/c1-6-9-10-11-12-13-14-15-16-18-21-30-24-26-33(27-25-30)38-34(8-3)39-35(37)32(7-2)29-36(4,5)28-31-22-19-17-20-23-31/h17,19-20,22-27,32,34H,6-16,18,21,28-29H2,1-5H3/q+1. The summed E-state index contributed by atoms with van der Waals surface area (Å²) in [5, 5.41) is 0. The Balaban J connectivity index is 1.72. The molecule has 0 heterocycles. The average Bonchev–Trinajstić information content (AvgIpc) is 2.93. The molecule has 2 aromatic carbocycles. The van der Waals surface area contributed by atoms with Crippen LogP contribution in [0.1, 0.15) is 109 Å². The Morgan fingerprint density at radius 1 is 0.718 bits per heavy atom. The van der Waals surface area contributed by atoms with E-state index in [4.69, 9.17) is 9.47 Å². The van der Waals surface area contributed by atoms with Crippen molar-refractivity contribution in [3.8, 4) is 5.75 Å². The number of carbonyl (C=O) groups excluding carboxylic acids is 1. The quantitative estimate of drug-likeness (QED) is 0.0688. The summed E-state index contributed by atoms with van der Waals surface area (Å²) in [5.74, 6) is 0.431. The van der Waals surface area contributed by atoms with Crippen LogP contribution in [0, 0.1) is 5.92 Å². The average molecular weight is 539 g/mol. The van der Waals surface area contributed by atoms with Gasteiger partial charge in [-0.15, -0.1) is 0 Å². The van der Waals surface area contributed by atoms with Crippen molar-refractivity contribution < 1.29 is 18.8 Å². The molecule has 218 valence electrons. The van der Waals surface area contributed by atoms with E-state index >= 15 is 0 Å². The third-order valence-corrected chi connectivity index (χ3v) is 7.59. The fourth-order valence-corrected chi connectivity index (χ4v) is 5.23. The zero-order chi connectivity index (χ0) is 28.3. The van der Waals surface area contributed by atoms with E-state index in [1.807, 2.05) is 25.1 Å². The Hall–Kier alpha value is -2.33. The topological polar surface area (TPSA) is 35.5 Å². The summed E-state index contributed by atoms with van der Waals surface area (Å²) in [5.41, 5.74) is 2.62. The maximum Gasteiger partial charge on any atom is 0.317 e. The molecule has 0 amide bonds. The molecule has 0 aliphatic carbocycles. The Kier molecular flexibility index (Phi) is 15.9. The van der Waals surface area contributed by atoms with Crippen molar-refractivity contribution in [2.45, 2.75) is 117 Å². The van der Waals surface area contributed by atoms with Crippen molar-refractivity contribution >= 4 is 5.97 Å². The maximum absolute atomic E-state index is 13.1. The van der Waals surface area contributed by atoms with Crippen LogP contribution in [0.2, 0.25) is 0 Å². The Morgan fingerprint density at radius 3 is 1.87 bits per heavy atom. The third-order valence-electron chi connectivity index (χ3n) is 7.59. The van der Waals surface area contributed by atoms with Crippen molar-refractivity contribution in [2.24, 2.45) is 5.92 Å². The van der Waals surface area contributed by atoms with E-state index in [-0.39, 0.29) is 11.9 Å². The van der Waals surface area contributed by atoms with Gasteiger partial charge in [-0.2, -0.15) is 0 Å². The van der Waals surface area contributed by atoms with Gasteiger partial charge in [-0.3, -0.25) is 4.79 Å². The molecule has 0 saturated carbocycles. The van der Waals surface area contributed by atoms with Gasteiger partial charge < -0.3 is 14.0 Å². The summed E-state index contributed by atoms with van der Waals surface area (Å²) in [6.07, 6.45) is 15.5. The zero-order valence-corrected chi connectivity index (χ0v) is 25.6. The highest BCUT2D eigenvalue weighted by Crippen LogP contribution is 2.21. The van der Waals surface area contributed by atoms with Crippen molar-refractivity contribution in [3.63, 3.8) is 0 Å². The minimum absolute atomic E-state index is 0.162. The van der Waals surface area contributed by atoms with Crippen molar-refractivity contribution in [1.82, 2.24) is 0 Å². The highest BCUT2D eigenvalue weighted by atomic mass is 16.7. The number of quaternary nitrogens is 1. The number of hydrogen-bond acceptors (Lipinski definition) is 3. The molecule has 39 heavy (non-hydrogen) atoms. The number of aryl methyl sites for hydroxylation is 1. The Labute approximate surface area is 239 Å². The number of hydrogen-bond donors (Lipinski definition) is 0. The normalized spacial score (nSPS) is 13.2. The summed E-state index contributed by atoms with van der Waals surface area (Å²) in [6.45, 7) is 7.94. The second-order valence-electron chi connectivity index (χ2n) is 11.8. The zero-order valence-electron chi connectivity index (χ0n) is 25.6. The molecule has 4 nitrogen and oxygen atoms in total. The van der Waals surface area contributed by atoms with E-state index in [0.717, 1.165) is 36.2 Å². The van der Waals surface area contributed by atoms with Crippen molar-refractivity contribution in [2.75, 3.05) is 20.6 Å². The lowest BCUT2D eigenvalue weighted by atomic mass is 10.0. The lowest BCUT2D eigenvalue weighted by Gasteiger charge is -2.33. The van der Waals surface area contributed by atoms with Gasteiger partial charge in [0, 0.05) is 12.0 Å². The summed E-state index contributed by atoms with van der Waals surface area (Å²) >= 11 is 0. The molecular weight excluding hydrogens is 482 g/mol. The second-order valence-corrected chi connectivity index (χ2v) is 11.8. The number of esters is 1. The predicted octanol–water partition coefficient (Wildman–Crippen LogP) is 9.11.